The minimum atomic E-state index is -5.66. The zero-order valence-corrected chi connectivity index (χ0v) is 9.83. The lowest BCUT2D eigenvalue weighted by molar-refractivity contribution is -0.283. The normalized spacial score (nSPS) is 14.8. The lowest BCUT2D eigenvalue weighted by atomic mass is 9.99. The maximum Gasteiger partial charge on any atom is 0.455 e. The van der Waals surface area contributed by atoms with Gasteiger partial charge in [0.15, 0.2) is 0 Å². The Morgan fingerprint density at radius 1 is 1.06 bits per heavy atom. The molecule has 0 N–H and O–H groups in total. The molecule has 0 heterocycles. The molecule has 96 valence electrons. The summed E-state index contributed by atoms with van der Waals surface area (Å²) in [6.07, 6.45) is -5.66. The summed E-state index contributed by atoms with van der Waals surface area (Å²) in [6, 6.07) is 4.16. The van der Waals surface area contributed by atoms with Crippen LogP contribution in [0.25, 0.3) is 0 Å². The molecule has 0 aliphatic heterocycles. The minimum Gasteiger partial charge on any atom is -0.194 e. The standard InChI is InChI=1S/C11H10ClF5/c1-6-3-4-8(7(2)5-6)9(12)10(13,14)11(15,16)17/h3-5,9H,1-2H3. The second-order valence-corrected chi connectivity index (χ2v) is 4.28. The van der Waals surface area contributed by atoms with Crippen molar-refractivity contribution in [3.05, 3.63) is 34.9 Å². The van der Waals surface area contributed by atoms with E-state index in [2.05, 4.69) is 0 Å². The number of alkyl halides is 6. The van der Waals surface area contributed by atoms with Crippen molar-refractivity contribution in [2.75, 3.05) is 0 Å². The highest BCUT2D eigenvalue weighted by Gasteiger charge is 2.62. The van der Waals surface area contributed by atoms with Crippen LogP contribution in [-0.2, 0) is 0 Å². The molecule has 0 aliphatic carbocycles. The van der Waals surface area contributed by atoms with Crippen molar-refractivity contribution in [3.63, 3.8) is 0 Å². The number of benzene rings is 1. The van der Waals surface area contributed by atoms with Crippen LogP contribution in [0.2, 0.25) is 0 Å². The molecular weight excluding hydrogens is 263 g/mol. The molecule has 0 radical (unpaired) electrons. The smallest absolute Gasteiger partial charge is 0.194 e. The summed E-state index contributed by atoms with van der Waals surface area (Å²) < 4.78 is 62.5. The van der Waals surface area contributed by atoms with Gasteiger partial charge in [0.25, 0.3) is 0 Å². The lowest BCUT2D eigenvalue weighted by Crippen LogP contribution is -2.40. The van der Waals surface area contributed by atoms with Gasteiger partial charge in [0.2, 0.25) is 0 Å². The van der Waals surface area contributed by atoms with Gasteiger partial charge in [-0.1, -0.05) is 23.8 Å². The van der Waals surface area contributed by atoms with Crippen molar-refractivity contribution in [3.8, 4) is 0 Å². The molecule has 1 aromatic carbocycles. The van der Waals surface area contributed by atoms with Crippen LogP contribution in [0.4, 0.5) is 22.0 Å². The maximum absolute atomic E-state index is 13.0. The Hall–Kier alpha value is -0.840. The predicted molar refractivity (Wildman–Crippen MR) is 55.5 cm³/mol. The Labute approximate surface area is 100 Å². The van der Waals surface area contributed by atoms with Gasteiger partial charge in [-0.3, -0.25) is 0 Å². The third-order valence-electron chi connectivity index (χ3n) is 2.39. The fourth-order valence-electron chi connectivity index (χ4n) is 1.45. The lowest BCUT2D eigenvalue weighted by Gasteiger charge is -2.25. The van der Waals surface area contributed by atoms with Gasteiger partial charge < -0.3 is 0 Å². The number of halogens is 6. The van der Waals surface area contributed by atoms with Gasteiger partial charge in [-0.25, -0.2) is 0 Å². The van der Waals surface area contributed by atoms with Gasteiger partial charge in [-0.05, 0) is 25.0 Å². The summed E-state index contributed by atoms with van der Waals surface area (Å²) in [7, 11) is 0. The monoisotopic (exact) mass is 272 g/mol. The molecular formula is C11H10ClF5. The summed E-state index contributed by atoms with van der Waals surface area (Å²) in [5.74, 6) is -4.95. The second kappa shape index (κ2) is 4.44. The van der Waals surface area contributed by atoms with Crippen molar-refractivity contribution in [1.29, 1.82) is 0 Å². The van der Waals surface area contributed by atoms with E-state index in [0.29, 0.717) is 5.56 Å². The summed E-state index contributed by atoms with van der Waals surface area (Å²) >= 11 is 5.27. The first-order chi connectivity index (χ1) is 7.57. The third kappa shape index (κ3) is 2.70. The molecule has 1 unspecified atom stereocenters. The molecule has 1 aromatic rings. The first kappa shape index (κ1) is 14.2. The highest BCUT2D eigenvalue weighted by Crippen LogP contribution is 2.48. The molecule has 0 aromatic heterocycles. The molecule has 0 fully saturated rings. The van der Waals surface area contributed by atoms with Gasteiger partial charge >= 0.3 is 12.1 Å². The summed E-state index contributed by atoms with van der Waals surface area (Å²) in [5.41, 5.74) is 0.874. The van der Waals surface area contributed by atoms with E-state index in [0.717, 1.165) is 5.56 Å². The zero-order valence-electron chi connectivity index (χ0n) is 9.08. The first-order valence-electron chi connectivity index (χ1n) is 4.73. The Morgan fingerprint density at radius 2 is 1.59 bits per heavy atom. The predicted octanol–water partition coefficient (Wildman–Crippen LogP) is 4.78. The quantitative estimate of drug-likeness (QED) is 0.537. The molecule has 6 heteroatoms. The van der Waals surface area contributed by atoms with Crippen LogP contribution in [-0.4, -0.2) is 12.1 Å². The molecule has 0 bridgehead atoms. The molecule has 0 amide bonds. The van der Waals surface area contributed by atoms with E-state index in [-0.39, 0.29) is 5.56 Å². The van der Waals surface area contributed by atoms with Gasteiger partial charge in [0.05, 0.1) is 0 Å². The Bertz CT molecular complexity index is 411. The topological polar surface area (TPSA) is 0 Å². The summed E-state index contributed by atoms with van der Waals surface area (Å²) in [5, 5.41) is -2.41. The van der Waals surface area contributed by atoms with Crippen molar-refractivity contribution < 1.29 is 22.0 Å². The fraction of sp³-hybridized carbons (Fsp3) is 0.455. The fourth-order valence-corrected chi connectivity index (χ4v) is 1.82. The highest BCUT2D eigenvalue weighted by molar-refractivity contribution is 6.21. The van der Waals surface area contributed by atoms with Gasteiger partial charge in [0, 0.05) is 0 Å². The van der Waals surface area contributed by atoms with Gasteiger partial charge in [-0.2, -0.15) is 22.0 Å². The molecule has 17 heavy (non-hydrogen) atoms. The van der Waals surface area contributed by atoms with Crippen molar-refractivity contribution in [2.45, 2.75) is 31.3 Å². The number of hydrogen-bond acceptors (Lipinski definition) is 0. The third-order valence-corrected chi connectivity index (χ3v) is 2.90. The number of aryl methyl sites for hydroxylation is 2. The van der Waals surface area contributed by atoms with Crippen molar-refractivity contribution >= 4 is 11.6 Å². The molecule has 0 aliphatic rings. The van der Waals surface area contributed by atoms with E-state index in [1.54, 1.807) is 6.92 Å². The molecule has 1 rings (SSSR count). The van der Waals surface area contributed by atoms with Crippen LogP contribution < -0.4 is 0 Å². The van der Waals surface area contributed by atoms with Crippen LogP contribution >= 0.6 is 11.6 Å². The van der Waals surface area contributed by atoms with E-state index < -0.39 is 17.5 Å². The average Bonchev–Trinajstić information content (AvgIpc) is 2.14. The molecule has 1 atom stereocenters. The molecule has 0 saturated heterocycles. The second-order valence-electron chi connectivity index (χ2n) is 3.84. The Kier molecular flexibility index (Phi) is 3.72. The van der Waals surface area contributed by atoms with Crippen LogP contribution in [0.5, 0.6) is 0 Å². The van der Waals surface area contributed by atoms with E-state index in [9.17, 15) is 22.0 Å². The van der Waals surface area contributed by atoms with Gasteiger partial charge in [-0.15, -0.1) is 11.6 Å². The van der Waals surface area contributed by atoms with Crippen LogP contribution in [0, 0.1) is 13.8 Å². The number of rotatable bonds is 2. The summed E-state index contributed by atoms with van der Waals surface area (Å²) in [6.45, 7) is 3.16. The average molecular weight is 273 g/mol. The zero-order chi connectivity index (χ0) is 13.4. The highest BCUT2D eigenvalue weighted by atomic mass is 35.5. The largest absolute Gasteiger partial charge is 0.455 e. The first-order valence-corrected chi connectivity index (χ1v) is 5.16. The number of hydrogen-bond donors (Lipinski definition) is 0. The van der Waals surface area contributed by atoms with Crippen molar-refractivity contribution in [2.24, 2.45) is 0 Å². The van der Waals surface area contributed by atoms with Crippen LogP contribution in [0.3, 0.4) is 0 Å². The van der Waals surface area contributed by atoms with Gasteiger partial charge in [0.1, 0.15) is 5.38 Å². The van der Waals surface area contributed by atoms with E-state index in [4.69, 9.17) is 11.6 Å². The van der Waals surface area contributed by atoms with Crippen LogP contribution in [0.15, 0.2) is 18.2 Å². The molecule has 0 saturated carbocycles. The molecule has 0 nitrogen and oxygen atoms in total. The summed E-state index contributed by atoms with van der Waals surface area (Å²) in [4.78, 5) is 0. The molecule has 0 spiro atoms. The minimum absolute atomic E-state index is 0.209. The Morgan fingerprint density at radius 3 is 2.00 bits per heavy atom. The SMILES string of the molecule is Cc1ccc(C(Cl)C(F)(F)C(F)(F)F)c(C)c1. The van der Waals surface area contributed by atoms with E-state index in [1.807, 2.05) is 0 Å². The maximum atomic E-state index is 13.0. The Balaban J connectivity index is 3.17. The van der Waals surface area contributed by atoms with Crippen LogP contribution in [0.1, 0.15) is 22.1 Å². The van der Waals surface area contributed by atoms with E-state index in [1.165, 1.54) is 25.1 Å². The van der Waals surface area contributed by atoms with E-state index >= 15 is 0 Å². The van der Waals surface area contributed by atoms with Crippen molar-refractivity contribution in [1.82, 2.24) is 0 Å².